The van der Waals surface area contributed by atoms with Crippen LogP contribution < -0.4 is 10.6 Å². The molecule has 0 saturated heterocycles. The third-order valence-corrected chi connectivity index (χ3v) is 5.76. The van der Waals surface area contributed by atoms with Crippen molar-refractivity contribution in [1.82, 2.24) is 19.7 Å². The maximum atomic E-state index is 12.1. The number of aryl methyl sites for hydroxylation is 2. The molecule has 2 amide bonds. The summed E-state index contributed by atoms with van der Waals surface area (Å²) in [6.45, 7) is 0.438. The number of urea groups is 1. The molecule has 0 bridgehead atoms. The number of amides is 2. The summed E-state index contributed by atoms with van der Waals surface area (Å²) < 4.78 is 4.28. The van der Waals surface area contributed by atoms with Gasteiger partial charge in [-0.05, 0) is 25.7 Å². The molecule has 128 valence electrons. The summed E-state index contributed by atoms with van der Waals surface area (Å²) in [4.78, 5) is 22.4. The molecule has 0 saturated carbocycles. The molecule has 0 atom stereocenters. The number of benzene rings is 1. The van der Waals surface area contributed by atoms with Crippen molar-refractivity contribution in [2.45, 2.75) is 32.2 Å². The van der Waals surface area contributed by atoms with Gasteiger partial charge in [0.2, 0.25) is 5.13 Å². The first-order valence-corrected chi connectivity index (χ1v) is 9.78. The van der Waals surface area contributed by atoms with Crippen molar-refractivity contribution < 1.29 is 4.79 Å². The predicted molar refractivity (Wildman–Crippen MR) is 100.0 cm³/mol. The fourth-order valence-electron chi connectivity index (χ4n) is 2.76. The Bertz CT molecular complexity index is 851. The van der Waals surface area contributed by atoms with Crippen molar-refractivity contribution in [2.24, 2.45) is 0 Å². The highest BCUT2D eigenvalue weighted by atomic mass is 32.1. The fourth-order valence-corrected chi connectivity index (χ4v) is 4.44. The quantitative estimate of drug-likeness (QED) is 0.730. The van der Waals surface area contributed by atoms with Crippen LogP contribution in [-0.2, 0) is 19.4 Å². The van der Waals surface area contributed by atoms with E-state index < -0.39 is 0 Å². The number of hydrogen-bond acceptors (Lipinski definition) is 6. The van der Waals surface area contributed by atoms with Crippen molar-refractivity contribution in [1.29, 1.82) is 0 Å². The van der Waals surface area contributed by atoms with Gasteiger partial charge in [0.15, 0.2) is 5.82 Å². The average molecular weight is 371 g/mol. The fraction of sp³-hybridized carbons (Fsp3) is 0.294. The Labute approximate surface area is 153 Å². The first-order valence-electron chi connectivity index (χ1n) is 8.19. The predicted octanol–water partition coefficient (Wildman–Crippen LogP) is 3.86. The lowest BCUT2D eigenvalue weighted by Gasteiger charge is -2.06. The van der Waals surface area contributed by atoms with E-state index in [0.717, 1.165) is 23.4 Å². The molecule has 0 aliphatic heterocycles. The normalized spacial score (nSPS) is 13.3. The van der Waals surface area contributed by atoms with Gasteiger partial charge in [0.05, 0.1) is 12.2 Å². The molecular formula is C17H17N5OS2. The zero-order chi connectivity index (χ0) is 17.1. The summed E-state index contributed by atoms with van der Waals surface area (Å²) in [5, 5.41) is 7.02. The summed E-state index contributed by atoms with van der Waals surface area (Å²) in [7, 11) is 0. The highest BCUT2D eigenvalue weighted by Crippen LogP contribution is 2.26. The first kappa shape index (κ1) is 16.2. The number of carbonyl (C=O) groups excluding carboxylic acids is 1. The number of aromatic nitrogens is 3. The summed E-state index contributed by atoms with van der Waals surface area (Å²) in [6.07, 6.45) is 4.63. The minimum absolute atomic E-state index is 0.288. The van der Waals surface area contributed by atoms with Crippen LogP contribution >= 0.6 is 22.9 Å². The van der Waals surface area contributed by atoms with Crippen LogP contribution in [0.15, 0.2) is 30.3 Å². The van der Waals surface area contributed by atoms with Gasteiger partial charge in [-0.2, -0.15) is 9.36 Å². The molecule has 0 unspecified atom stereocenters. The summed E-state index contributed by atoms with van der Waals surface area (Å²) >= 11 is 2.88. The zero-order valence-electron chi connectivity index (χ0n) is 13.5. The van der Waals surface area contributed by atoms with E-state index in [9.17, 15) is 4.79 Å². The topological polar surface area (TPSA) is 79.8 Å². The van der Waals surface area contributed by atoms with Crippen LogP contribution in [0.25, 0.3) is 11.4 Å². The molecular weight excluding hydrogens is 354 g/mol. The lowest BCUT2D eigenvalue weighted by atomic mass is 10.0. The monoisotopic (exact) mass is 371 g/mol. The molecule has 0 spiro atoms. The van der Waals surface area contributed by atoms with Gasteiger partial charge < -0.3 is 5.32 Å². The van der Waals surface area contributed by atoms with Gasteiger partial charge in [-0.1, -0.05) is 30.3 Å². The number of nitrogens with one attached hydrogen (secondary N) is 2. The first-order chi connectivity index (χ1) is 12.3. The van der Waals surface area contributed by atoms with Crippen LogP contribution in [0.1, 0.15) is 28.4 Å². The Kier molecular flexibility index (Phi) is 4.71. The van der Waals surface area contributed by atoms with Gasteiger partial charge >= 0.3 is 6.03 Å². The van der Waals surface area contributed by atoms with Crippen LogP contribution in [0.4, 0.5) is 9.93 Å². The number of thiazole rings is 1. The molecule has 0 fully saturated rings. The van der Waals surface area contributed by atoms with Crippen LogP contribution in [0, 0.1) is 0 Å². The van der Waals surface area contributed by atoms with Crippen molar-refractivity contribution in [3.05, 3.63) is 45.9 Å². The number of hydrogen-bond donors (Lipinski definition) is 2. The van der Waals surface area contributed by atoms with E-state index in [1.54, 1.807) is 11.3 Å². The Morgan fingerprint density at radius 2 is 1.96 bits per heavy atom. The minimum Gasteiger partial charge on any atom is -0.331 e. The van der Waals surface area contributed by atoms with Crippen LogP contribution in [0.5, 0.6) is 0 Å². The Hall–Kier alpha value is -2.32. The molecule has 2 aromatic heterocycles. The van der Waals surface area contributed by atoms with Crippen molar-refractivity contribution in [3.8, 4) is 11.4 Å². The van der Waals surface area contributed by atoms with Gasteiger partial charge in [-0.15, -0.1) is 11.3 Å². The van der Waals surface area contributed by atoms with Crippen molar-refractivity contribution in [2.75, 3.05) is 5.32 Å². The minimum atomic E-state index is -0.288. The van der Waals surface area contributed by atoms with Crippen molar-refractivity contribution in [3.63, 3.8) is 0 Å². The number of fused-ring (bicyclic) bond motifs is 1. The van der Waals surface area contributed by atoms with E-state index >= 15 is 0 Å². The Balaban J connectivity index is 1.33. The number of anilines is 1. The van der Waals surface area contributed by atoms with Crippen LogP contribution in [0.2, 0.25) is 0 Å². The highest BCUT2D eigenvalue weighted by Gasteiger charge is 2.15. The van der Waals surface area contributed by atoms with Crippen LogP contribution in [0.3, 0.4) is 0 Å². The van der Waals surface area contributed by atoms with Crippen LogP contribution in [-0.4, -0.2) is 20.4 Å². The third kappa shape index (κ3) is 3.85. The summed E-state index contributed by atoms with van der Waals surface area (Å²) in [5.74, 6) is 0.619. The molecule has 8 heteroatoms. The molecule has 25 heavy (non-hydrogen) atoms. The van der Waals surface area contributed by atoms with Gasteiger partial charge in [-0.25, -0.2) is 9.78 Å². The standard InChI is InChI=1S/C17H17N5OS2/c23-16(18-10-14-19-12-8-4-5-9-13(12)24-14)21-17-20-15(22-25-17)11-6-2-1-3-7-11/h1-3,6-7H,4-5,8-10H2,(H2,18,20,21,22,23). The molecule has 3 aromatic rings. The van der Waals surface area contributed by atoms with Gasteiger partial charge in [0.25, 0.3) is 0 Å². The number of rotatable bonds is 4. The van der Waals surface area contributed by atoms with E-state index in [0.29, 0.717) is 17.5 Å². The molecule has 2 heterocycles. The number of nitrogens with zero attached hydrogens (tertiary/aromatic N) is 3. The van der Waals surface area contributed by atoms with Gasteiger partial charge in [-0.3, -0.25) is 5.32 Å². The van der Waals surface area contributed by atoms with E-state index in [1.165, 1.54) is 34.9 Å². The van der Waals surface area contributed by atoms with Gasteiger partial charge in [0.1, 0.15) is 5.01 Å². The van der Waals surface area contributed by atoms with E-state index in [-0.39, 0.29) is 6.03 Å². The third-order valence-electron chi connectivity index (χ3n) is 3.97. The Morgan fingerprint density at radius 1 is 1.12 bits per heavy atom. The average Bonchev–Trinajstić information content (AvgIpc) is 3.27. The molecule has 4 rings (SSSR count). The maximum absolute atomic E-state index is 12.1. The number of carbonyl (C=O) groups is 1. The van der Waals surface area contributed by atoms with E-state index in [4.69, 9.17) is 0 Å². The molecule has 1 aliphatic carbocycles. The molecule has 1 aliphatic rings. The second-order valence-electron chi connectivity index (χ2n) is 5.78. The second kappa shape index (κ2) is 7.28. The van der Waals surface area contributed by atoms with E-state index in [2.05, 4.69) is 25.0 Å². The lowest BCUT2D eigenvalue weighted by molar-refractivity contribution is 0.251. The van der Waals surface area contributed by atoms with Gasteiger partial charge in [0, 0.05) is 22.0 Å². The molecule has 6 nitrogen and oxygen atoms in total. The van der Waals surface area contributed by atoms with E-state index in [1.807, 2.05) is 30.3 Å². The zero-order valence-corrected chi connectivity index (χ0v) is 15.1. The smallest absolute Gasteiger partial charge is 0.321 e. The SMILES string of the molecule is O=C(NCc1nc2c(s1)CCCC2)Nc1nc(-c2ccccc2)ns1. The summed E-state index contributed by atoms with van der Waals surface area (Å²) in [5.41, 5.74) is 2.14. The van der Waals surface area contributed by atoms with Crippen molar-refractivity contribution >= 4 is 34.0 Å². The lowest BCUT2D eigenvalue weighted by Crippen LogP contribution is -2.28. The molecule has 2 N–H and O–H groups in total. The second-order valence-corrected chi connectivity index (χ2v) is 7.70. The molecule has 0 radical (unpaired) electrons. The summed E-state index contributed by atoms with van der Waals surface area (Å²) in [6, 6.07) is 9.41. The Morgan fingerprint density at radius 3 is 2.80 bits per heavy atom. The largest absolute Gasteiger partial charge is 0.331 e. The maximum Gasteiger partial charge on any atom is 0.321 e. The molecule has 1 aromatic carbocycles. The highest BCUT2D eigenvalue weighted by molar-refractivity contribution is 7.11.